The van der Waals surface area contributed by atoms with E-state index in [4.69, 9.17) is 9.47 Å². The van der Waals surface area contributed by atoms with Crippen molar-refractivity contribution in [3.63, 3.8) is 0 Å². The summed E-state index contributed by atoms with van der Waals surface area (Å²) in [4.78, 5) is 7.16. The molecule has 0 saturated carbocycles. The zero-order valence-electron chi connectivity index (χ0n) is 11.9. The van der Waals surface area contributed by atoms with Gasteiger partial charge in [0.05, 0.1) is 22.3 Å². The first-order valence-electron chi connectivity index (χ1n) is 6.93. The summed E-state index contributed by atoms with van der Waals surface area (Å²) in [6, 6.07) is 10.1. The fourth-order valence-electron chi connectivity index (χ4n) is 2.39. The first kappa shape index (κ1) is 14.0. The predicted molar refractivity (Wildman–Crippen MR) is 82.7 cm³/mol. The van der Waals surface area contributed by atoms with Crippen LogP contribution in [0.15, 0.2) is 47.6 Å². The lowest BCUT2D eigenvalue weighted by atomic mass is 10.2. The van der Waals surface area contributed by atoms with Crippen LogP contribution in [0.5, 0.6) is 11.5 Å². The lowest BCUT2D eigenvalue weighted by molar-refractivity contribution is 0.174. The molecule has 0 fully saturated rings. The van der Waals surface area contributed by atoms with Crippen molar-refractivity contribution in [3.05, 3.63) is 48.3 Å². The molecular weight excluding hydrogens is 318 g/mol. The number of fused-ring (bicyclic) bond motifs is 2. The zero-order chi connectivity index (χ0) is 15.9. The maximum absolute atomic E-state index is 12.4. The van der Waals surface area contributed by atoms with Crippen molar-refractivity contribution in [2.45, 2.75) is 11.4 Å². The highest BCUT2D eigenvalue weighted by Crippen LogP contribution is 2.32. The average Bonchev–Trinajstić information content (AvgIpc) is 3.20. The lowest BCUT2D eigenvalue weighted by Gasteiger charge is -2.07. The minimum absolute atomic E-state index is 0.167. The number of aromatic amines is 1. The largest absolute Gasteiger partial charge is 0.454 e. The molecule has 0 unspecified atom stereocenters. The summed E-state index contributed by atoms with van der Waals surface area (Å²) in [5.74, 6) is 1.29. The second kappa shape index (κ2) is 5.25. The lowest BCUT2D eigenvalue weighted by Crippen LogP contribution is -2.23. The van der Waals surface area contributed by atoms with Crippen LogP contribution in [-0.2, 0) is 16.6 Å². The van der Waals surface area contributed by atoms with Crippen LogP contribution in [0, 0.1) is 0 Å². The number of sulfonamides is 1. The number of nitrogens with one attached hydrogen (secondary N) is 2. The molecule has 4 rings (SSSR count). The molecule has 118 valence electrons. The van der Waals surface area contributed by atoms with Crippen LogP contribution in [0.25, 0.3) is 11.0 Å². The van der Waals surface area contributed by atoms with Gasteiger partial charge in [-0.25, -0.2) is 18.1 Å². The van der Waals surface area contributed by atoms with Gasteiger partial charge >= 0.3 is 0 Å². The first-order valence-corrected chi connectivity index (χ1v) is 8.41. The van der Waals surface area contributed by atoms with E-state index >= 15 is 0 Å². The van der Waals surface area contributed by atoms with Gasteiger partial charge in [-0.2, -0.15) is 0 Å². The van der Waals surface area contributed by atoms with E-state index in [0.29, 0.717) is 17.0 Å². The van der Waals surface area contributed by atoms with Gasteiger partial charge in [0.1, 0.15) is 0 Å². The van der Waals surface area contributed by atoms with E-state index in [1.165, 1.54) is 12.4 Å². The van der Waals surface area contributed by atoms with Gasteiger partial charge in [0, 0.05) is 6.54 Å². The third-order valence-corrected chi connectivity index (χ3v) is 5.00. The number of H-pyrrole nitrogens is 1. The van der Waals surface area contributed by atoms with Crippen LogP contribution >= 0.6 is 0 Å². The Morgan fingerprint density at radius 1 is 1.13 bits per heavy atom. The van der Waals surface area contributed by atoms with E-state index < -0.39 is 10.0 Å². The summed E-state index contributed by atoms with van der Waals surface area (Å²) >= 11 is 0. The van der Waals surface area contributed by atoms with Crippen LogP contribution in [0.3, 0.4) is 0 Å². The van der Waals surface area contributed by atoms with E-state index in [2.05, 4.69) is 14.7 Å². The zero-order valence-corrected chi connectivity index (χ0v) is 12.8. The molecule has 2 N–H and O–H groups in total. The van der Waals surface area contributed by atoms with E-state index in [9.17, 15) is 8.42 Å². The van der Waals surface area contributed by atoms with Crippen molar-refractivity contribution in [3.8, 4) is 11.5 Å². The Balaban J connectivity index is 1.55. The summed E-state index contributed by atoms with van der Waals surface area (Å²) in [7, 11) is -3.61. The standard InChI is InChI=1S/C15H13N3O4S/c19-23(20,11-2-3-12-13(6-11)17-8-16-12)18-7-10-1-4-14-15(5-10)22-9-21-14/h1-6,8,18H,7,9H2,(H,16,17). The van der Waals surface area contributed by atoms with E-state index in [1.54, 1.807) is 30.3 Å². The number of hydrogen-bond acceptors (Lipinski definition) is 5. The number of hydrogen-bond donors (Lipinski definition) is 2. The summed E-state index contributed by atoms with van der Waals surface area (Å²) in [5, 5.41) is 0. The fourth-order valence-corrected chi connectivity index (χ4v) is 3.44. The van der Waals surface area contributed by atoms with Crippen LogP contribution in [0.2, 0.25) is 0 Å². The maximum Gasteiger partial charge on any atom is 0.240 e. The number of imidazole rings is 1. The van der Waals surface area contributed by atoms with Gasteiger partial charge in [-0.05, 0) is 35.9 Å². The molecule has 3 aromatic rings. The molecule has 1 aliphatic heterocycles. The van der Waals surface area contributed by atoms with Crippen molar-refractivity contribution in [2.75, 3.05) is 6.79 Å². The number of benzene rings is 2. The monoisotopic (exact) mass is 331 g/mol. The third-order valence-electron chi connectivity index (χ3n) is 3.61. The molecule has 0 amide bonds. The van der Waals surface area contributed by atoms with Crippen LogP contribution in [0.1, 0.15) is 5.56 Å². The Morgan fingerprint density at radius 3 is 2.91 bits per heavy atom. The molecule has 0 radical (unpaired) electrons. The third kappa shape index (κ3) is 2.62. The Labute approximate surface area is 132 Å². The number of nitrogens with zero attached hydrogens (tertiary/aromatic N) is 1. The minimum Gasteiger partial charge on any atom is -0.454 e. The van der Waals surface area contributed by atoms with E-state index in [0.717, 1.165) is 11.1 Å². The van der Waals surface area contributed by atoms with Gasteiger partial charge in [-0.3, -0.25) is 0 Å². The highest BCUT2D eigenvalue weighted by Gasteiger charge is 2.17. The van der Waals surface area contributed by atoms with Gasteiger partial charge in [0.25, 0.3) is 0 Å². The summed E-state index contributed by atoms with van der Waals surface area (Å²) < 4.78 is 37.9. The smallest absolute Gasteiger partial charge is 0.240 e. The molecule has 0 saturated heterocycles. The second-order valence-corrected chi connectivity index (χ2v) is 6.86. The SMILES string of the molecule is O=S(=O)(NCc1ccc2c(c1)OCO2)c1ccc2nc[nH]c2c1. The number of rotatable bonds is 4. The van der Waals surface area contributed by atoms with Gasteiger partial charge in [0.2, 0.25) is 16.8 Å². The van der Waals surface area contributed by atoms with E-state index in [-0.39, 0.29) is 18.2 Å². The topological polar surface area (TPSA) is 93.3 Å². The Bertz CT molecular complexity index is 981. The van der Waals surface area contributed by atoms with Crippen molar-refractivity contribution in [1.82, 2.24) is 14.7 Å². The molecule has 1 aromatic heterocycles. The fraction of sp³-hybridized carbons (Fsp3) is 0.133. The first-order chi connectivity index (χ1) is 11.1. The normalized spacial score (nSPS) is 13.6. The van der Waals surface area contributed by atoms with Crippen molar-refractivity contribution in [1.29, 1.82) is 0 Å². The highest BCUT2D eigenvalue weighted by molar-refractivity contribution is 7.89. The van der Waals surface area contributed by atoms with Crippen LogP contribution in [0.4, 0.5) is 0 Å². The molecule has 0 bridgehead atoms. The van der Waals surface area contributed by atoms with Crippen molar-refractivity contribution < 1.29 is 17.9 Å². The van der Waals surface area contributed by atoms with E-state index in [1.807, 2.05) is 0 Å². The minimum atomic E-state index is -3.61. The Hall–Kier alpha value is -2.58. The molecule has 8 heteroatoms. The summed E-state index contributed by atoms with van der Waals surface area (Å²) in [6.07, 6.45) is 1.53. The van der Waals surface area contributed by atoms with Crippen molar-refractivity contribution >= 4 is 21.1 Å². The molecule has 2 aromatic carbocycles. The molecule has 1 aliphatic rings. The maximum atomic E-state index is 12.4. The van der Waals surface area contributed by atoms with Gasteiger partial charge in [0.15, 0.2) is 11.5 Å². The van der Waals surface area contributed by atoms with Crippen molar-refractivity contribution in [2.24, 2.45) is 0 Å². The van der Waals surface area contributed by atoms with Gasteiger partial charge in [-0.15, -0.1) is 0 Å². The molecule has 0 atom stereocenters. The molecular formula is C15H13N3O4S. The van der Waals surface area contributed by atoms with Crippen LogP contribution < -0.4 is 14.2 Å². The molecule has 0 spiro atoms. The summed E-state index contributed by atoms with van der Waals surface area (Å²) in [5.41, 5.74) is 2.19. The van der Waals surface area contributed by atoms with Gasteiger partial charge < -0.3 is 14.5 Å². The Kier molecular flexibility index (Phi) is 3.21. The molecule has 7 nitrogen and oxygen atoms in total. The molecule has 0 aliphatic carbocycles. The molecule has 23 heavy (non-hydrogen) atoms. The average molecular weight is 331 g/mol. The quantitative estimate of drug-likeness (QED) is 0.760. The predicted octanol–water partition coefficient (Wildman–Crippen LogP) is 1.77. The molecule has 2 heterocycles. The van der Waals surface area contributed by atoms with Gasteiger partial charge in [-0.1, -0.05) is 6.07 Å². The number of ether oxygens (including phenoxy) is 2. The number of aromatic nitrogens is 2. The summed E-state index contributed by atoms with van der Waals surface area (Å²) in [6.45, 7) is 0.356. The Morgan fingerprint density at radius 2 is 2.00 bits per heavy atom. The second-order valence-electron chi connectivity index (χ2n) is 5.09. The highest BCUT2D eigenvalue weighted by atomic mass is 32.2. The van der Waals surface area contributed by atoms with Crippen LogP contribution in [-0.4, -0.2) is 25.2 Å².